The van der Waals surface area contributed by atoms with Crippen LogP contribution in [0, 0.1) is 17.3 Å². The third kappa shape index (κ3) is 3.19. The topological polar surface area (TPSA) is 17.1 Å². The average Bonchev–Trinajstić information content (AvgIpc) is 2.14. The molecular formula is C14H24O. The highest BCUT2D eigenvalue weighted by Gasteiger charge is 2.36. The fourth-order valence-electron chi connectivity index (χ4n) is 2.59. The van der Waals surface area contributed by atoms with Crippen LogP contribution in [-0.2, 0) is 4.79 Å². The van der Waals surface area contributed by atoms with Gasteiger partial charge < -0.3 is 0 Å². The normalized spacial score (nSPS) is 28.7. The van der Waals surface area contributed by atoms with Gasteiger partial charge in [0.2, 0.25) is 0 Å². The molecule has 0 amide bonds. The van der Waals surface area contributed by atoms with Crippen molar-refractivity contribution in [1.82, 2.24) is 0 Å². The van der Waals surface area contributed by atoms with Crippen LogP contribution in [0.2, 0.25) is 0 Å². The third-order valence-electron chi connectivity index (χ3n) is 3.71. The molecule has 1 heteroatoms. The van der Waals surface area contributed by atoms with Gasteiger partial charge in [-0.25, -0.2) is 0 Å². The highest BCUT2D eigenvalue weighted by atomic mass is 16.1. The van der Waals surface area contributed by atoms with E-state index in [9.17, 15) is 4.79 Å². The van der Waals surface area contributed by atoms with Gasteiger partial charge in [-0.2, -0.15) is 0 Å². The van der Waals surface area contributed by atoms with Gasteiger partial charge in [0, 0.05) is 12.3 Å². The minimum Gasteiger partial charge on any atom is -0.299 e. The van der Waals surface area contributed by atoms with Crippen molar-refractivity contribution in [3.8, 4) is 0 Å². The lowest BCUT2D eigenvalue weighted by atomic mass is 9.67. The van der Waals surface area contributed by atoms with Gasteiger partial charge in [0.1, 0.15) is 5.78 Å². The maximum atomic E-state index is 12.0. The smallest absolute Gasteiger partial charge is 0.136 e. The molecule has 0 unspecified atom stereocenters. The second-order valence-electron chi connectivity index (χ2n) is 5.67. The predicted molar refractivity (Wildman–Crippen MR) is 64.7 cm³/mol. The van der Waals surface area contributed by atoms with E-state index in [0.717, 1.165) is 19.3 Å². The molecule has 0 aromatic rings. The lowest BCUT2D eigenvalue weighted by Gasteiger charge is -2.36. The maximum absolute atomic E-state index is 12.0. The third-order valence-corrected chi connectivity index (χ3v) is 3.71. The van der Waals surface area contributed by atoms with E-state index in [1.165, 1.54) is 6.42 Å². The average molecular weight is 208 g/mol. The number of hydrogen-bond acceptors (Lipinski definition) is 1. The van der Waals surface area contributed by atoms with Gasteiger partial charge in [-0.15, -0.1) is 0 Å². The fourth-order valence-corrected chi connectivity index (χ4v) is 2.59. The number of Topliss-reactive ketones (excluding diaryl/α,β-unsaturated/α-hetero) is 1. The summed E-state index contributed by atoms with van der Waals surface area (Å²) in [7, 11) is 0. The Morgan fingerprint density at radius 3 is 2.60 bits per heavy atom. The molecule has 0 aliphatic heterocycles. The number of rotatable bonds is 3. The van der Waals surface area contributed by atoms with Gasteiger partial charge in [-0.3, -0.25) is 4.79 Å². The number of hydrogen-bond donors (Lipinski definition) is 0. The zero-order chi connectivity index (χ0) is 11.5. The molecule has 1 fully saturated rings. The quantitative estimate of drug-likeness (QED) is 0.641. The fraction of sp³-hybridized carbons (Fsp3) is 0.786. The molecule has 1 nitrogen and oxygen atoms in total. The summed E-state index contributed by atoms with van der Waals surface area (Å²) in [5.74, 6) is 1.37. The minimum absolute atomic E-state index is 0.143. The lowest BCUT2D eigenvalue weighted by Crippen LogP contribution is -2.35. The van der Waals surface area contributed by atoms with Crippen LogP contribution < -0.4 is 0 Å². The first-order valence-corrected chi connectivity index (χ1v) is 6.11. The monoisotopic (exact) mass is 208 g/mol. The molecule has 0 aromatic heterocycles. The molecule has 0 saturated heterocycles. The van der Waals surface area contributed by atoms with Crippen molar-refractivity contribution in [2.45, 2.75) is 53.4 Å². The molecule has 0 N–H and O–H groups in total. The highest BCUT2D eigenvalue weighted by molar-refractivity contribution is 5.82. The van der Waals surface area contributed by atoms with Crippen LogP contribution in [0.25, 0.3) is 0 Å². The molecule has 0 spiro atoms. The van der Waals surface area contributed by atoms with Gasteiger partial charge in [0.05, 0.1) is 0 Å². The van der Waals surface area contributed by atoms with Crippen molar-refractivity contribution in [2.24, 2.45) is 17.3 Å². The van der Waals surface area contributed by atoms with Crippen LogP contribution in [0.3, 0.4) is 0 Å². The van der Waals surface area contributed by atoms with E-state index in [2.05, 4.69) is 32.9 Å². The minimum atomic E-state index is 0.143. The van der Waals surface area contributed by atoms with E-state index in [4.69, 9.17) is 0 Å². The first kappa shape index (κ1) is 12.5. The standard InChI is InChI=1S/C14H24O/c1-5-6-9-14(3,4)12-8-7-11(2)10-13(12)15/h5-6,11-12H,7-10H2,1-4H3/b6-5+/t11-,12-/m1/s1. The van der Waals surface area contributed by atoms with Crippen LogP contribution in [0.5, 0.6) is 0 Å². The molecular weight excluding hydrogens is 184 g/mol. The van der Waals surface area contributed by atoms with Gasteiger partial charge in [-0.1, -0.05) is 32.9 Å². The maximum Gasteiger partial charge on any atom is 0.136 e. The molecule has 1 aliphatic rings. The highest BCUT2D eigenvalue weighted by Crippen LogP contribution is 2.40. The lowest BCUT2D eigenvalue weighted by molar-refractivity contribution is -0.129. The summed E-state index contributed by atoms with van der Waals surface area (Å²) in [6.07, 6.45) is 8.39. The molecule has 0 aromatic carbocycles. The Balaban J connectivity index is 2.65. The summed E-state index contributed by atoms with van der Waals surface area (Å²) < 4.78 is 0. The zero-order valence-corrected chi connectivity index (χ0v) is 10.5. The summed E-state index contributed by atoms with van der Waals surface area (Å²) in [5, 5.41) is 0. The van der Waals surface area contributed by atoms with Crippen LogP contribution in [0.1, 0.15) is 53.4 Å². The molecule has 86 valence electrons. The predicted octanol–water partition coefficient (Wildman–Crippen LogP) is 3.98. The molecule has 1 aliphatic carbocycles. The first-order chi connectivity index (χ1) is 6.97. The van der Waals surface area contributed by atoms with Crippen molar-refractivity contribution in [2.75, 3.05) is 0 Å². The Labute approximate surface area is 93.9 Å². The molecule has 1 saturated carbocycles. The van der Waals surface area contributed by atoms with Crippen molar-refractivity contribution >= 4 is 5.78 Å². The molecule has 0 radical (unpaired) electrons. The van der Waals surface area contributed by atoms with E-state index in [1.54, 1.807) is 0 Å². The second-order valence-corrected chi connectivity index (χ2v) is 5.67. The van der Waals surface area contributed by atoms with Gasteiger partial charge >= 0.3 is 0 Å². The van der Waals surface area contributed by atoms with Crippen LogP contribution >= 0.6 is 0 Å². The van der Waals surface area contributed by atoms with Crippen LogP contribution in [0.4, 0.5) is 0 Å². The summed E-state index contributed by atoms with van der Waals surface area (Å²) >= 11 is 0. The summed E-state index contributed by atoms with van der Waals surface area (Å²) in [5.41, 5.74) is 0.143. The Morgan fingerprint density at radius 1 is 1.40 bits per heavy atom. The summed E-state index contributed by atoms with van der Waals surface area (Å²) in [6, 6.07) is 0. The largest absolute Gasteiger partial charge is 0.299 e. The van der Waals surface area contributed by atoms with Gasteiger partial charge in [0.15, 0.2) is 0 Å². The SMILES string of the molecule is C/C=C/CC(C)(C)[C@@H]1CC[C@@H](C)CC1=O. The summed E-state index contributed by atoms with van der Waals surface area (Å²) in [4.78, 5) is 12.0. The number of allylic oxidation sites excluding steroid dienone is 2. The van der Waals surface area contributed by atoms with Crippen molar-refractivity contribution in [3.63, 3.8) is 0 Å². The van der Waals surface area contributed by atoms with E-state index >= 15 is 0 Å². The van der Waals surface area contributed by atoms with E-state index in [1.807, 2.05) is 6.92 Å². The molecule has 1 rings (SSSR count). The Morgan fingerprint density at radius 2 is 2.07 bits per heavy atom. The summed E-state index contributed by atoms with van der Waals surface area (Å²) in [6.45, 7) is 8.69. The number of carbonyl (C=O) groups excluding carboxylic acids is 1. The Hall–Kier alpha value is -0.590. The Kier molecular flexibility index (Phi) is 4.12. The molecule has 0 heterocycles. The first-order valence-electron chi connectivity index (χ1n) is 6.11. The van der Waals surface area contributed by atoms with Gasteiger partial charge in [-0.05, 0) is 37.5 Å². The zero-order valence-electron chi connectivity index (χ0n) is 10.5. The van der Waals surface area contributed by atoms with Crippen molar-refractivity contribution in [3.05, 3.63) is 12.2 Å². The van der Waals surface area contributed by atoms with E-state index in [-0.39, 0.29) is 11.3 Å². The molecule has 15 heavy (non-hydrogen) atoms. The van der Waals surface area contributed by atoms with E-state index in [0.29, 0.717) is 11.7 Å². The Bertz CT molecular complexity index is 250. The van der Waals surface area contributed by atoms with Crippen LogP contribution in [-0.4, -0.2) is 5.78 Å². The van der Waals surface area contributed by atoms with Crippen molar-refractivity contribution < 1.29 is 4.79 Å². The molecule has 2 atom stereocenters. The number of ketones is 1. The van der Waals surface area contributed by atoms with Gasteiger partial charge in [0.25, 0.3) is 0 Å². The van der Waals surface area contributed by atoms with E-state index < -0.39 is 0 Å². The number of carbonyl (C=O) groups is 1. The van der Waals surface area contributed by atoms with Crippen molar-refractivity contribution in [1.29, 1.82) is 0 Å². The molecule has 0 bridgehead atoms. The van der Waals surface area contributed by atoms with Crippen LogP contribution in [0.15, 0.2) is 12.2 Å². The second kappa shape index (κ2) is 4.96.